The maximum Gasteiger partial charge on any atom is 0.410 e. The number of rotatable bonds is 7. The van der Waals surface area contributed by atoms with Gasteiger partial charge in [-0.3, -0.25) is 9.78 Å². The summed E-state index contributed by atoms with van der Waals surface area (Å²) in [6.07, 6.45) is 1.86. The van der Waals surface area contributed by atoms with E-state index in [1.807, 2.05) is 43.9 Å². The Labute approximate surface area is 285 Å². The Bertz CT molecular complexity index is 1950. The Morgan fingerprint density at radius 3 is 2.35 bits per heavy atom. The molecule has 2 saturated heterocycles. The molecule has 2 fully saturated rings. The number of nitrogens with zero attached hydrogens (tertiary/aromatic N) is 6. The average molecular weight is 671 g/mol. The highest BCUT2D eigenvalue weighted by Gasteiger charge is 2.28. The molecular formula is C37H44F2N8O2. The van der Waals surface area contributed by atoms with E-state index < -0.39 is 17.2 Å². The molecule has 2 aromatic heterocycles. The van der Waals surface area contributed by atoms with Gasteiger partial charge >= 0.3 is 6.09 Å². The summed E-state index contributed by atoms with van der Waals surface area (Å²) in [5.74, 6) is 0.505. The summed E-state index contributed by atoms with van der Waals surface area (Å²) in [7, 11) is 2.16. The monoisotopic (exact) mass is 670 g/mol. The van der Waals surface area contributed by atoms with Gasteiger partial charge in [-0.2, -0.15) is 10.2 Å². The van der Waals surface area contributed by atoms with Gasteiger partial charge in [-0.25, -0.2) is 13.6 Å². The number of aromatic nitrogens is 4. The molecule has 0 bridgehead atoms. The Kier molecular flexibility index (Phi) is 8.91. The van der Waals surface area contributed by atoms with Crippen molar-refractivity contribution in [1.29, 1.82) is 0 Å². The van der Waals surface area contributed by atoms with Gasteiger partial charge in [0, 0.05) is 68.3 Å². The summed E-state index contributed by atoms with van der Waals surface area (Å²) < 4.78 is 35.4. The molecule has 5 aromatic rings. The third-order valence-corrected chi connectivity index (χ3v) is 9.50. The van der Waals surface area contributed by atoms with Crippen molar-refractivity contribution in [1.82, 2.24) is 29.8 Å². The molecule has 0 radical (unpaired) electrons. The maximum atomic E-state index is 13.9. The zero-order chi connectivity index (χ0) is 34.3. The molecule has 49 heavy (non-hydrogen) atoms. The normalized spacial score (nSPS) is 16.5. The Balaban J connectivity index is 1.16. The molecule has 10 nitrogen and oxygen atoms in total. The van der Waals surface area contributed by atoms with Gasteiger partial charge in [0.05, 0.1) is 11.0 Å². The number of likely N-dealkylation sites (N-methyl/N-ethyl adjacent to an activating group) is 1. The molecule has 3 aromatic carbocycles. The Morgan fingerprint density at radius 1 is 0.898 bits per heavy atom. The summed E-state index contributed by atoms with van der Waals surface area (Å²) >= 11 is 0. The van der Waals surface area contributed by atoms with Crippen LogP contribution in [0.1, 0.15) is 44.7 Å². The minimum Gasteiger partial charge on any atom is -0.444 e. The van der Waals surface area contributed by atoms with E-state index in [1.165, 1.54) is 17.8 Å². The number of piperidine rings is 1. The Morgan fingerprint density at radius 2 is 1.63 bits per heavy atom. The van der Waals surface area contributed by atoms with Crippen LogP contribution in [0.5, 0.6) is 0 Å². The minimum atomic E-state index is -0.589. The lowest BCUT2D eigenvalue weighted by Gasteiger charge is -2.34. The van der Waals surface area contributed by atoms with E-state index in [0.29, 0.717) is 42.6 Å². The zero-order valence-electron chi connectivity index (χ0n) is 28.6. The van der Waals surface area contributed by atoms with Crippen LogP contribution in [0.2, 0.25) is 0 Å². The van der Waals surface area contributed by atoms with Crippen LogP contribution in [0.4, 0.5) is 30.9 Å². The number of carbonyl (C=O) groups is 1. The summed E-state index contributed by atoms with van der Waals surface area (Å²) in [4.78, 5) is 19.3. The smallest absolute Gasteiger partial charge is 0.410 e. The molecule has 4 heterocycles. The van der Waals surface area contributed by atoms with Gasteiger partial charge in [-0.15, -0.1) is 0 Å². The minimum absolute atomic E-state index is 0.253. The lowest BCUT2D eigenvalue weighted by Crippen LogP contribution is -2.44. The third kappa shape index (κ3) is 7.49. The molecule has 2 aliphatic heterocycles. The number of halogens is 2. The van der Waals surface area contributed by atoms with Crippen LogP contribution in [0, 0.1) is 17.6 Å². The molecule has 7 rings (SSSR count). The number of ether oxygens (including phenoxy) is 1. The number of hydrogen-bond donors (Lipinski definition) is 2. The van der Waals surface area contributed by atoms with Crippen LogP contribution in [0.3, 0.4) is 0 Å². The summed E-state index contributed by atoms with van der Waals surface area (Å²) in [6, 6.07) is 16.0. The van der Waals surface area contributed by atoms with Gasteiger partial charge in [0.25, 0.3) is 0 Å². The molecule has 12 heteroatoms. The van der Waals surface area contributed by atoms with Gasteiger partial charge in [0.15, 0.2) is 11.6 Å². The number of fused-ring (bicyclic) bond motifs is 2. The van der Waals surface area contributed by atoms with E-state index in [0.717, 1.165) is 79.0 Å². The van der Waals surface area contributed by atoms with Crippen LogP contribution in [-0.2, 0) is 17.7 Å². The lowest BCUT2D eigenvalue weighted by molar-refractivity contribution is 0.0177. The second kappa shape index (κ2) is 13.3. The van der Waals surface area contributed by atoms with E-state index in [1.54, 1.807) is 0 Å². The predicted molar refractivity (Wildman–Crippen MR) is 189 cm³/mol. The number of piperazine rings is 1. The average Bonchev–Trinajstić information content (AvgIpc) is 3.60. The number of nitrogens with one attached hydrogen (secondary N) is 2. The highest BCUT2D eigenvalue weighted by atomic mass is 19.1. The number of anilines is 3. The molecular weight excluding hydrogens is 626 g/mol. The molecule has 0 unspecified atom stereocenters. The molecule has 1 amide bonds. The highest BCUT2D eigenvalue weighted by molar-refractivity contribution is 5.98. The SMILES string of the molecule is CN1CCN(c2ccc3c(Nc4n[nH]c5ccc(Cc6cc(F)cc(F)c6)cc45)nn(CC4CCN(C(=O)OC(C)(C)C)CC4)c3c2)CC1. The first-order valence-electron chi connectivity index (χ1n) is 17.1. The summed E-state index contributed by atoms with van der Waals surface area (Å²) in [6.45, 7) is 11.7. The van der Waals surface area contributed by atoms with Crippen molar-refractivity contribution in [2.45, 2.75) is 52.2 Å². The number of aromatic amines is 1. The number of H-pyrrole nitrogens is 1. The summed E-state index contributed by atoms with van der Waals surface area (Å²) in [5.41, 5.74) is 4.02. The molecule has 2 aliphatic rings. The second-order valence-corrected chi connectivity index (χ2v) is 14.5. The van der Waals surface area contributed by atoms with Crippen LogP contribution in [0.15, 0.2) is 54.6 Å². The van der Waals surface area contributed by atoms with Crippen molar-refractivity contribution in [2.24, 2.45) is 5.92 Å². The molecule has 0 aliphatic carbocycles. The van der Waals surface area contributed by atoms with E-state index in [2.05, 4.69) is 55.2 Å². The van der Waals surface area contributed by atoms with Crippen molar-refractivity contribution >= 4 is 45.2 Å². The van der Waals surface area contributed by atoms with Gasteiger partial charge < -0.3 is 24.8 Å². The largest absolute Gasteiger partial charge is 0.444 e. The third-order valence-electron chi connectivity index (χ3n) is 9.50. The molecule has 0 atom stereocenters. The van der Waals surface area contributed by atoms with E-state index >= 15 is 0 Å². The van der Waals surface area contributed by atoms with Gasteiger partial charge in [-0.05, 0) is 107 Å². The van der Waals surface area contributed by atoms with Crippen molar-refractivity contribution in [3.8, 4) is 0 Å². The van der Waals surface area contributed by atoms with Crippen molar-refractivity contribution in [3.63, 3.8) is 0 Å². The van der Waals surface area contributed by atoms with Crippen molar-refractivity contribution in [2.75, 3.05) is 56.5 Å². The van der Waals surface area contributed by atoms with Gasteiger partial charge in [0.2, 0.25) is 0 Å². The van der Waals surface area contributed by atoms with E-state index in [9.17, 15) is 13.6 Å². The number of amides is 1. The van der Waals surface area contributed by atoms with E-state index in [-0.39, 0.29) is 6.09 Å². The Hall–Kier alpha value is -4.71. The number of benzene rings is 3. The first-order chi connectivity index (χ1) is 23.5. The standard InChI is InChI=1S/C37H44F2N8O2/c1-37(2,3)49-36(48)46-11-9-24(10-12-46)23-47-33-22-29(45-15-13-44(4)14-16-45)6-7-30(33)35(43-47)40-34-31-20-25(5-8-32(31)41-42-34)17-26-18-27(38)21-28(39)19-26/h5-8,18-22,24H,9-17,23H2,1-4H3,(H2,40,41,42,43). The topological polar surface area (TPSA) is 94.5 Å². The highest BCUT2D eigenvalue weighted by Crippen LogP contribution is 2.33. The second-order valence-electron chi connectivity index (χ2n) is 14.5. The number of hydrogen-bond acceptors (Lipinski definition) is 7. The van der Waals surface area contributed by atoms with Crippen LogP contribution < -0.4 is 10.2 Å². The van der Waals surface area contributed by atoms with Crippen molar-refractivity contribution < 1.29 is 18.3 Å². The van der Waals surface area contributed by atoms with Crippen molar-refractivity contribution in [3.05, 3.63) is 77.4 Å². The van der Waals surface area contributed by atoms with Crippen LogP contribution in [0.25, 0.3) is 21.8 Å². The first kappa shape index (κ1) is 32.8. The summed E-state index contributed by atoms with van der Waals surface area (Å²) in [5, 5.41) is 18.1. The van der Waals surface area contributed by atoms with Crippen LogP contribution >= 0.6 is 0 Å². The molecule has 0 spiro atoms. The fourth-order valence-electron chi connectivity index (χ4n) is 6.85. The number of likely N-dealkylation sites (tertiary alicyclic amines) is 1. The fraction of sp³-hybridized carbons (Fsp3) is 0.432. The first-order valence-corrected chi connectivity index (χ1v) is 17.1. The molecule has 258 valence electrons. The van der Waals surface area contributed by atoms with Crippen LogP contribution in [-0.4, -0.2) is 87.8 Å². The van der Waals surface area contributed by atoms with Gasteiger partial charge in [-0.1, -0.05) is 6.07 Å². The molecule has 2 N–H and O–H groups in total. The van der Waals surface area contributed by atoms with Gasteiger partial charge in [0.1, 0.15) is 17.2 Å². The lowest BCUT2D eigenvalue weighted by atomic mass is 9.97. The predicted octanol–water partition coefficient (Wildman–Crippen LogP) is 6.92. The number of carbonyl (C=O) groups excluding carboxylic acids is 1. The maximum absolute atomic E-state index is 13.9. The fourth-order valence-corrected chi connectivity index (χ4v) is 6.85. The quantitative estimate of drug-likeness (QED) is 0.194. The van der Waals surface area contributed by atoms with E-state index in [4.69, 9.17) is 9.84 Å². The molecule has 0 saturated carbocycles. The zero-order valence-corrected chi connectivity index (χ0v) is 28.6.